The van der Waals surface area contributed by atoms with Crippen LogP contribution in [-0.2, 0) is 9.53 Å². The molecule has 1 aliphatic heterocycles. The van der Waals surface area contributed by atoms with Gasteiger partial charge in [0.15, 0.2) is 0 Å². The molecule has 2 atom stereocenters. The van der Waals surface area contributed by atoms with Crippen molar-refractivity contribution in [3.8, 4) is 0 Å². The average molecular weight is 338 g/mol. The molecule has 23 heavy (non-hydrogen) atoms. The van der Waals surface area contributed by atoms with Crippen LogP contribution < -0.4 is 5.43 Å². The molecule has 0 radical (unpaired) electrons. The van der Waals surface area contributed by atoms with E-state index in [0.29, 0.717) is 35.0 Å². The molecule has 1 N–H and O–H groups in total. The number of hydrogen-bond donors (Lipinski definition) is 1. The van der Waals surface area contributed by atoms with Crippen molar-refractivity contribution in [3.05, 3.63) is 29.3 Å². The van der Waals surface area contributed by atoms with Gasteiger partial charge in [0.1, 0.15) is 0 Å². The molecule has 1 aliphatic rings. The number of likely N-dealkylation sites (tertiary alicyclic amines) is 1. The van der Waals surface area contributed by atoms with E-state index in [1.54, 1.807) is 13.0 Å². The summed E-state index contributed by atoms with van der Waals surface area (Å²) in [6.07, 6.45) is 1.16. The van der Waals surface area contributed by atoms with Crippen LogP contribution in [0.4, 0.5) is 5.69 Å². The van der Waals surface area contributed by atoms with Crippen LogP contribution >= 0.6 is 11.6 Å². The molecule has 0 amide bonds. The number of esters is 1. The van der Waals surface area contributed by atoms with E-state index in [1.165, 1.54) is 0 Å². The van der Waals surface area contributed by atoms with Crippen molar-refractivity contribution in [1.82, 2.24) is 4.90 Å². The van der Waals surface area contributed by atoms with Crippen LogP contribution in [0.5, 0.6) is 0 Å². The second-order valence-corrected chi connectivity index (χ2v) is 6.51. The van der Waals surface area contributed by atoms with Crippen molar-refractivity contribution >= 4 is 29.1 Å². The smallest absolute Gasteiger partial charge is 0.375 e. The van der Waals surface area contributed by atoms with Crippen LogP contribution in [0.25, 0.3) is 0 Å². The molecule has 0 bridgehead atoms. The van der Waals surface area contributed by atoms with Crippen LogP contribution in [-0.4, -0.2) is 36.4 Å². The Labute approximate surface area is 142 Å². The number of ether oxygens (including phenoxy) is 1. The van der Waals surface area contributed by atoms with E-state index in [1.807, 2.05) is 23.1 Å². The summed E-state index contributed by atoms with van der Waals surface area (Å²) in [6.45, 7) is 8.08. The normalized spacial score (nSPS) is 21.9. The predicted octanol–water partition coefficient (Wildman–Crippen LogP) is 3.61. The second kappa shape index (κ2) is 8.20. The highest BCUT2D eigenvalue weighted by molar-refractivity contribution is 6.35. The first-order valence-electron chi connectivity index (χ1n) is 8.01. The van der Waals surface area contributed by atoms with Crippen molar-refractivity contribution < 1.29 is 9.53 Å². The van der Waals surface area contributed by atoms with E-state index < -0.39 is 5.97 Å². The van der Waals surface area contributed by atoms with Crippen LogP contribution in [0.15, 0.2) is 29.4 Å². The maximum Gasteiger partial charge on any atom is 0.375 e. The lowest BCUT2D eigenvalue weighted by Crippen LogP contribution is -2.46. The molecule has 1 aromatic rings. The van der Waals surface area contributed by atoms with Crippen LogP contribution in [0, 0.1) is 11.8 Å². The number of carbonyl (C=O) groups is 1. The number of hydrogen-bond acceptors (Lipinski definition) is 4. The Hall–Kier alpha value is -1.75. The molecule has 0 aromatic heterocycles. The van der Waals surface area contributed by atoms with Gasteiger partial charge in [-0.05, 0) is 37.3 Å². The molecular formula is C17H24ClN3O2. The molecule has 2 rings (SSSR count). The Morgan fingerprint density at radius 2 is 2.00 bits per heavy atom. The Balaban J connectivity index is 2.21. The number of anilines is 1. The van der Waals surface area contributed by atoms with Crippen molar-refractivity contribution in [2.75, 3.05) is 25.1 Å². The lowest BCUT2D eigenvalue weighted by atomic mass is 9.92. The summed E-state index contributed by atoms with van der Waals surface area (Å²) in [5.74, 6) is 0.927. The van der Waals surface area contributed by atoms with Gasteiger partial charge in [0.25, 0.3) is 0 Å². The molecule has 0 saturated carbocycles. The fraction of sp³-hybridized carbons (Fsp3) is 0.529. The third-order valence-electron chi connectivity index (χ3n) is 3.78. The predicted molar refractivity (Wildman–Crippen MR) is 93.7 cm³/mol. The van der Waals surface area contributed by atoms with Crippen LogP contribution in [0.3, 0.4) is 0 Å². The number of benzene rings is 1. The van der Waals surface area contributed by atoms with Crippen molar-refractivity contribution in [2.45, 2.75) is 27.2 Å². The average Bonchev–Trinajstić information content (AvgIpc) is 2.48. The van der Waals surface area contributed by atoms with Crippen molar-refractivity contribution in [3.63, 3.8) is 0 Å². The van der Waals surface area contributed by atoms with Gasteiger partial charge >= 0.3 is 5.97 Å². The molecule has 1 heterocycles. The van der Waals surface area contributed by atoms with Gasteiger partial charge in [0.2, 0.25) is 5.84 Å². The molecule has 0 spiro atoms. The number of carbonyl (C=O) groups excluding carboxylic acids is 1. The van der Waals surface area contributed by atoms with Crippen LogP contribution in [0.1, 0.15) is 27.2 Å². The topological polar surface area (TPSA) is 53.9 Å². The number of para-hydroxylation sites is 1. The highest BCUT2D eigenvalue weighted by Crippen LogP contribution is 2.23. The lowest BCUT2D eigenvalue weighted by Gasteiger charge is -2.36. The van der Waals surface area contributed by atoms with E-state index in [0.717, 1.165) is 19.5 Å². The molecule has 1 aromatic carbocycles. The Bertz CT molecular complexity index is 567. The molecule has 0 aliphatic carbocycles. The Morgan fingerprint density at radius 3 is 2.61 bits per heavy atom. The molecule has 5 nitrogen and oxygen atoms in total. The zero-order valence-corrected chi connectivity index (χ0v) is 14.6. The quantitative estimate of drug-likeness (QED) is 0.396. The monoisotopic (exact) mass is 337 g/mol. The standard InChI is InChI=1S/C17H24ClN3O2/c1-4-23-17(22)16(21-10-12(2)9-13(3)11-21)20-19-15-8-6-5-7-14(15)18/h5-8,12-13,19H,4,9-11H2,1-3H3/b20-16-. The third-order valence-corrected chi connectivity index (χ3v) is 4.11. The number of nitrogens with one attached hydrogen (secondary N) is 1. The second-order valence-electron chi connectivity index (χ2n) is 6.10. The summed E-state index contributed by atoms with van der Waals surface area (Å²) in [5, 5.41) is 4.85. The fourth-order valence-electron chi connectivity index (χ4n) is 2.94. The summed E-state index contributed by atoms with van der Waals surface area (Å²) >= 11 is 6.12. The number of hydrazone groups is 1. The number of piperidine rings is 1. The van der Waals surface area contributed by atoms with Gasteiger partial charge in [0, 0.05) is 13.1 Å². The first-order chi connectivity index (χ1) is 11.0. The maximum absolute atomic E-state index is 12.3. The summed E-state index contributed by atoms with van der Waals surface area (Å²) in [4.78, 5) is 14.3. The molecular weight excluding hydrogens is 314 g/mol. The molecule has 1 fully saturated rings. The van der Waals surface area contributed by atoms with Crippen molar-refractivity contribution in [2.24, 2.45) is 16.9 Å². The minimum Gasteiger partial charge on any atom is -0.460 e. The minimum absolute atomic E-state index is 0.310. The van der Waals surface area contributed by atoms with Gasteiger partial charge in [-0.3, -0.25) is 5.43 Å². The number of halogens is 1. The van der Waals surface area contributed by atoms with E-state index in [9.17, 15) is 4.79 Å². The zero-order chi connectivity index (χ0) is 16.8. The molecule has 126 valence electrons. The summed E-state index contributed by atoms with van der Waals surface area (Å²) in [5.41, 5.74) is 3.55. The van der Waals surface area contributed by atoms with Crippen molar-refractivity contribution in [1.29, 1.82) is 0 Å². The largest absolute Gasteiger partial charge is 0.460 e. The zero-order valence-electron chi connectivity index (χ0n) is 13.9. The number of amidine groups is 1. The minimum atomic E-state index is -0.409. The number of rotatable bonds is 3. The molecule has 6 heteroatoms. The lowest BCUT2D eigenvalue weighted by molar-refractivity contribution is -0.136. The first kappa shape index (κ1) is 17.6. The van der Waals surface area contributed by atoms with Gasteiger partial charge < -0.3 is 9.64 Å². The number of nitrogens with zero attached hydrogens (tertiary/aromatic N) is 2. The summed E-state index contributed by atoms with van der Waals surface area (Å²) in [6, 6.07) is 7.29. The van der Waals surface area contributed by atoms with Gasteiger partial charge in [0.05, 0.1) is 17.3 Å². The fourth-order valence-corrected chi connectivity index (χ4v) is 3.12. The van der Waals surface area contributed by atoms with E-state index >= 15 is 0 Å². The highest BCUT2D eigenvalue weighted by atomic mass is 35.5. The SMILES string of the molecule is CCOC(=O)/C(=N/Nc1ccccc1Cl)N1CC(C)CC(C)C1. The van der Waals surface area contributed by atoms with Gasteiger partial charge in [-0.2, -0.15) is 0 Å². The Morgan fingerprint density at radius 1 is 1.35 bits per heavy atom. The van der Waals surface area contributed by atoms with Gasteiger partial charge in [-0.15, -0.1) is 5.10 Å². The third kappa shape index (κ3) is 4.86. The Kier molecular flexibility index (Phi) is 6.28. The highest BCUT2D eigenvalue weighted by Gasteiger charge is 2.28. The first-order valence-corrected chi connectivity index (χ1v) is 8.39. The van der Waals surface area contributed by atoms with E-state index in [2.05, 4.69) is 24.4 Å². The van der Waals surface area contributed by atoms with E-state index in [4.69, 9.17) is 16.3 Å². The molecule has 1 saturated heterocycles. The summed E-state index contributed by atoms with van der Waals surface area (Å²) in [7, 11) is 0. The maximum atomic E-state index is 12.3. The van der Waals surface area contributed by atoms with Gasteiger partial charge in [-0.25, -0.2) is 4.79 Å². The molecule has 2 unspecified atom stereocenters. The van der Waals surface area contributed by atoms with E-state index in [-0.39, 0.29) is 0 Å². The van der Waals surface area contributed by atoms with Crippen LogP contribution in [0.2, 0.25) is 5.02 Å². The summed E-state index contributed by atoms with van der Waals surface area (Å²) < 4.78 is 5.16. The van der Waals surface area contributed by atoms with Gasteiger partial charge in [-0.1, -0.05) is 37.6 Å².